The molecule has 120 valence electrons. The van der Waals surface area contributed by atoms with Gasteiger partial charge in [-0.2, -0.15) is 0 Å². The Morgan fingerprint density at radius 2 is 1.68 bits per heavy atom. The molecule has 4 atom stereocenters. The zero-order valence-corrected chi connectivity index (χ0v) is 13.8. The van der Waals surface area contributed by atoms with Crippen molar-refractivity contribution in [3.05, 3.63) is 29.8 Å². The monoisotopic (exact) mass is 320 g/mol. The number of fused-ring (bicyclic) bond motifs is 5. The summed E-state index contributed by atoms with van der Waals surface area (Å²) in [5, 5.41) is 0. The van der Waals surface area contributed by atoms with Crippen molar-refractivity contribution in [2.45, 2.75) is 30.7 Å². The minimum absolute atomic E-state index is 0.343. The van der Waals surface area contributed by atoms with E-state index < -0.39 is 10.0 Å². The van der Waals surface area contributed by atoms with E-state index in [-0.39, 0.29) is 0 Å². The Morgan fingerprint density at radius 1 is 1.09 bits per heavy atom. The Kier molecular flexibility index (Phi) is 3.55. The van der Waals surface area contributed by atoms with Crippen LogP contribution in [-0.4, -0.2) is 33.5 Å². The van der Waals surface area contributed by atoms with Gasteiger partial charge in [0, 0.05) is 19.6 Å². The highest BCUT2D eigenvalue weighted by molar-refractivity contribution is 7.89. The first-order valence-corrected chi connectivity index (χ1v) is 9.80. The average molecular weight is 320 g/mol. The number of benzene rings is 1. The Bertz CT molecular complexity index is 638. The van der Waals surface area contributed by atoms with Gasteiger partial charge >= 0.3 is 0 Å². The highest BCUT2D eigenvalue weighted by Gasteiger charge is 2.51. The van der Waals surface area contributed by atoms with Crippen LogP contribution >= 0.6 is 0 Å². The van der Waals surface area contributed by atoms with E-state index in [2.05, 4.69) is 9.62 Å². The predicted octanol–water partition coefficient (Wildman–Crippen LogP) is 2.07. The third kappa shape index (κ3) is 2.39. The number of hydrogen-bond acceptors (Lipinski definition) is 3. The molecule has 4 nitrogen and oxygen atoms in total. The summed E-state index contributed by atoms with van der Waals surface area (Å²) >= 11 is 0. The van der Waals surface area contributed by atoms with Gasteiger partial charge in [-0.05, 0) is 67.7 Å². The lowest BCUT2D eigenvalue weighted by atomic mass is 9.82. The van der Waals surface area contributed by atoms with E-state index in [1.54, 1.807) is 12.1 Å². The van der Waals surface area contributed by atoms with Gasteiger partial charge in [0.15, 0.2) is 0 Å². The van der Waals surface area contributed by atoms with Gasteiger partial charge in [0.25, 0.3) is 0 Å². The lowest BCUT2D eigenvalue weighted by molar-refractivity contribution is 0.281. The summed E-state index contributed by atoms with van der Waals surface area (Å²) in [4.78, 5) is 2.91. The zero-order chi connectivity index (χ0) is 15.3. The van der Waals surface area contributed by atoms with Crippen LogP contribution in [0.2, 0.25) is 0 Å². The van der Waals surface area contributed by atoms with Crippen LogP contribution in [0.1, 0.15) is 24.8 Å². The molecule has 2 saturated carbocycles. The van der Waals surface area contributed by atoms with Crippen molar-refractivity contribution in [3.8, 4) is 0 Å². The molecular formula is C17H24N2O2S. The first-order chi connectivity index (χ1) is 10.6. The lowest BCUT2D eigenvalue weighted by Crippen LogP contribution is -2.22. The summed E-state index contributed by atoms with van der Waals surface area (Å²) in [6.07, 6.45) is 4.40. The highest BCUT2D eigenvalue weighted by atomic mass is 32.2. The summed E-state index contributed by atoms with van der Waals surface area (Å²) in [6.45, 7) is 3.43. The molecule has 4 rings (SSSR count). The molecule has 1 heterocycles. The zero-order valence-electron chi connectivity index (χ0n) is 13.0. The molecule has 0 aromatic heterocycles. The molecule has 2 bridgehead atoms. The summed E-state index contributed by atoms with van der Waals surface area (Å²) in [6, 6.07) is 7.32. The smallest absolute Gasteiger partial charge is 0.240 e. The van der Waals surface area contributed by atoms with Crippen LogP contribution in [0.4, 0.5) is 0 Å². The van der Waals surface area contributed by atoms with Gasteiger partial charge in [-0.25, -0.2) is 13.1 Å². The van der Waals surface area contributed by atoms with Crippen LogP contribution in [0, 0.1) is 23.7 Å². The van der Waals surface area contributed by atoms with E-state index in [0.29, 0.717) is 4.90 Å². The molecule has 0 amide bonds. The number of sulfonamides is 1. The van der Waals surface area contributed by atoms with E-state index in [4.69, 9.17) is 0 Å². The normalized spacial score (nSPS) is 34.2. The van der Waals surface area contributed by atoms with Crippen molar-refractivity contribution in [1.82, 2.24) is 9.62 Å². The predicted molar refractivity (Wildman–Crippen MR) is 85.8 cm³/mol. The van der Waals surface area contributed by atoms with E-state index in [0.717, 1.165) is 30.2 Å². The first kappa shape index (κ1) is 14.7. The quantitative estimate of drug-likeness (QED) is 0.924. The molecule has 0 unspecified atom stereocenters. The van der Waals surface area contributed by atoms with Crippen LogP contribution in [-0.2, 0) is 16.6 Å². The van der Waals surface area contributed by atoms with Gasteiger partial charge in [-0.1, -0.05) is 12.1 Å². The molecule has 3 fully saturated rings. The van der Waals surface area contributed by atoms with Gasteiger partial charge in [-0.3, -0.25) is 4.90 Å². The van der Waals surface area contributed by atoms with Crippen LogP contribution < -0.4 is 4.72 Å². The molecule has 1 aliphatic heterocycles. The number of hydrogen-bond donors (Lipinski definition) is 1. The van der Waals surface area contributed by atoms with E-state index in [1.807, 2.05) is 12.1 Å². The molecule has 1 saturated heterocycles. The number of nitrogens with zero attached hydrogens (tertiary/aromatic N) is 1. The van der Waals surface area contributed by atoms with Gasteiger partial charge in [0.1, 0.15) is 0 Å². The van der Waals surface area contributed by atoms with Crippen molar-refractivity contribution in [2.24, 2.45) is 23.7 Å². The molecular weight excluding hydrogens is 296 g/mol. The minimum atomic E-state index is -3.32. The van der Waals surface area contributed by atoms with Gasteiger partial charge in [-0.15, -0.1) is 0 Å². The molecule has 1 aromatic rings. The Morgan fingerprint density at radius 3 is 2.23 bits per heavy atom. The van der Waals surface area contributed by atoms with Crippen molar-refractivity contribution in [1.29, 1.82) is 0 Å². The molecule has 2 aliphatic carbocycles. The van der Waals surface area contributed by atoms with E-state index in [9.17, 15) is 8.42 Å². The van der Waals surface area contributed by atoms with Crippen molar-refractivity contribution in [3.63, 3.8) is 0 Å². The maximum Gasteiger partial charge on any atom is 0.240 e. The van der Waals surface area contributed by atoms with Crippen molar-refractivity contribution < 1.29 is 8.42 Å². The largest absolute Gasteiger partial charge is 0.298 e. The third-order valence-corrected chi connectivity index (χ3v) is 7.55. The van der Waals surface area contributed by atoms with Crippen molar-refractivity contribution >= 4 is 10.0 Å². The molecule has 1 N–H and O–H groups in total. The van der Waals surface area contributed by atoms with Crippen molar-refractivity contribution in [2.75, 3.05) is 20.1 Å². The SMILES string of the molecule is CNS(=O)(=O)c1ccc(CN2C[C@@H]3[C@@H]4CC[C@@H](C4)[C@@H]3C2)cc1. The number of rotatable bonds is 4. The number of nitrogens with one attached hydrogen (secondary N) is 1. The second-order valence-electron chi connectivity index (χ2n) is 7.21. The first-order valence-electron chi connectivity index (χ1n) is 8.31. The maximum absolute atomic E-state index is 11.7. The van der Waals surface area contributed by atoms with Gasteiger partial charge in [0.2, 0.25) is 10.0 Å². The molecule has 3 aliphatic rings. The standard InChI is InChI=1S/C17H24N2O2S/c1-18-22(20,21)15-6-2-12(3-7-15)9-19-10-16-13-4-5-14(8-13)17(16)11-19/h2-3,6-7,13-14,16-18H,4-5,8-11H2,1H3/t13-,14+,16-,17+. The molecule has 0 spiro atoms. The fourth-order valence-corrected chi connectivity index (χ4v) is 5.78. The molecule has 22 heavy (non-hydrogen) atoms. The van der Waals surface area contributed by atoms with E-state index >= 15 is 0 Å². The average Bonchev–Trinajstić information content (AvgIpc) is 3.20. The van der Waals surface area contributed by atoms with Crippen LogP contribution in [0.15, 0.2) is 29.2 Å². The second kappa shape index (κ2) is 5.32. The van der Waals surface area contributed by atoms with Crippen LogP contribution in [0.5, 0.6) is 0 Å². The van der Waals surface area contributed by atoms with E-state index in [1.165, 1.54) is 45.0 Å². The number of likely N-dealkylation sites (tertiary alicyclic amines) is 1. The summed E-state index contributed by atoms with van der Waals surface area (Å²) in [5.41, 5.74) is 1.21. The molecule has 0 radical (unpaired) electrons. The maximum atomic E-state index is 11.7. The molecule has 1 aromatic carbocycles. The fraction of sp³-hybridized carbons (Fsp3) is 0.647. The summed E-state index contributed by atoms with van der Waals surface area (Å²) in [7, 11) is -1.88. The fourth-order valence-electron chi connectivity index (χ4n) is 5.05. The van der Waals surface area contributed by atoms with Gasteiger partial charge in [0.05, 0.1) is 4.90 Å². The third-order valence-electron chi connectivity index (χ3n) is 6.12. The Hall–Kier alpha value is -0.910. The minimum Gasteiger partial charge on any atom is -0.298 e. The summed E-state index contributed by atoms with van der Waals surface area (Å²) < 4.78 is 25.8. The summed E-state index contributed by atoms with van der Waals surface area (Å²) in [5.74, 6) is 3.84. The van der Waals surface area contributed by atoms with Crippen LogP contribution in [0.25, 0.3) is 0 Å². The van der Waals surface area contributed by atoms with Crippen LogP contribution in [0.3, 0.4) is 0 Å². The second-order valence-corrected chi connectivity index (χ2v) is 9.09. The lowest BCUT2D eigenvalue weighted by Gasteiger charge is -2.22. The molecule has 5 heteroatoms. The van der Waals surface area contributed by atoms with Gasteiger partial charge < -0.3 is 0 Å². The Balaban J connectivity index is 1.42. The topological polar surface area (TPSA) is 49.4 Å². The Labute approximate surface area is 132 Å². The highest BCUT2D eigenvalue weighted by Crippen LogP contribution is 2.55.